The minimum Gasteiger partial charge on any atom is -0.0704 e. The van der Waals surface area contributed by atoms with E-state index in [-0.39, 0.29) is 0 Å². The summed E-state index contributed by atoms with van der Waals surface area (Å²) in [7, 11) is 0. The highest BCUT2D eigenvalue weighted by molar-refractivity contribution is 5.39. The van der Waals surface area contributed by atoms with E-state index in [9.17, 15) is 0 Å². The van der Waals surface area contributed by atoms with Crippen molar-refractivity contribution in [2.24, 2.45) is 28.1 Å². The highest BCUT2D eigenvalue weighted by Gasteiger charge is 2.82. The SMILES string of the molecule is CC1(C)C(C)(C)C12C1CCCC2C2=C(CCCC2)C1. The van der Waals surface area contributed by atoms with Crippen LogP contribution in [0, 0.1) is 28.1 Å². The third kappa shape index (κ3) is 1.15. The molecular formula is C19H30. The van der Waals surface area contributed by atoms with Crippen LogP contribution in [0.15, 0.2) is 11.1 Å². The second-order valence-electron chi connectivity index (χ2n) is 8.84. The number of allylic oxidation sites excluding steroid dienone is 2. The Morgan fingerprint density at radius 3 is 2.21 bits per heavy atom. The molecule has 0 radical (unpaired) electrons. The Morgan fingerprint density at radius 1 is 0.842 bits per heavy atom. The summed E-state index contributed by atoms with van der Waals surface area (Å²) in [6, 6.07) is 0. The smallest absolute Gasteiger partial charge is 0.00876 e. The van der Waals surface area contributed by atoms with Gasteiger partial charge in [-0.25, -0.2) is 0 Å². The molecule has 106 valence electrons. The lowest BCUT2D eigenvalue weighted by Crippen LogP contribution is -2.41. The van der Waals surface area contributed by atoms with Crippen molar-refractivity contribution in [1.29, 1.82) is 0 Å². The number of hydrogen-bond donors (Lipinski definition) is 0. The lowest BCUT2D eigenvalue weighted by molar-refractivity contribution is 0.0704. The molecule has 1 spiro atoms. The molecule has 0 N–H and O–H groups in total. The standard InChI is InChI=1S/C19H30/c1-17(2)18(3,4)19(17)14-9-7-11-16(19)15-10-6-5-8-13(15)12-14/h14,16H,5-12H2,1-4H3. The maximum absolute atomic E-state index is 2.58. The van der Waals surface area contributed by atoms with Gasteiger partial charge in [0.05, 0.1) is 0 Å². The lowest BCUT2D eigenvalue weighted by Gasteiger charge is -2.50. The quantitative estimate of drug-likeness (QED) is 0.487. The van der Waals surface area contributed by atoms with Gasteiger partial charge < -0.3 is 0 Å². The average Bonchev–Trinajstić information content (AvgIpc) is 2.69. The Bertz CT molecular complexity index is 435. The zero-order valence-electron chi connectivity index (χ0n) is 13.3. The molecule has 0 aromatic carbocycles. The first-order valence-electron chi connectivity index (χ1n) is 8.65. The number of hydrogen-bond acceptors (Lipinski definition) is 0. The molecule has 0 saturated heterocycles. The summed E-state index contributed by atoms with van der Waals surface area (Å²) < 4.78 is 0. The summed E-state index contributed by atoms with van der Waals surface area (Å²) in [5.74, 6) is 1.97. The maximum Gasteiger partial charge on any atom is -0.00876 e. The summed E-state index contributed by atoms with van der Waals surface area (Å²) in [4.78, 5) is 0. The Labute approximate surface area is 119 Å². The molecule has 0 nitrogen and oxygen atoms in total. The van der Waals surface area contributed by atoms with Gasteiger partial charge in [0.2, 0.25) is 0 Å². The van der Waals surface area contributed by atoms with Crippen LogP contribution in [-0.2, 0) is 0 Å². The van der Waals surface area contributed by atoms with Crippen LogP contribution in [0.2, 0.25) is 0 Å². The summed E-state index contributed by atoms with van der Waals surface area (Å²) >= 11 is 0. The molecule has 0 aromatic rings. The average molecular weight is 258 g/mol. The minimum absolute atomic E-state index is 0.561. The Morgan fingerprint density at radius 2 is 1.53 bits per heavy atom. The van der Waals surface area contributed by atoms with Crippen molar-refractivity contribution in [3.05, 3.63) is 11.1 Å². The van der Waals surface area contributed by atoms with Gasteiger partial charge in [-0.3, -0.25) is 0 Å². The Hall–Kier alpha value is -0.260. The van der Waals surface area contributed by atoms with Gasteiger partial charge in [0.25, 0.3) is 0 Å². The maximum atomic E-state index is 2.58. The molecule has 4 aliphatic carbocycles. The predicted octanol–water partition coefficient (Wildman–Crippen LogP) is 5.73. The topological polar surface area (TPSA) is 0 Å². The van der Waals surface area contributed by atoms with E-state index in [1.165, 1.54) is 51.4 Å². The van der Waals surface area contributed by atoms with E-state index < -0.39 is 0 Å². The third-order valence-electron chi connectivity index (χ3n) is 8.35. The first-order valence-corrected chi connectivity index (χ1v) is 8.65. The van der Waals surface area contributed by atoms with E-state index in [1.54, 1.807) is 0 Å². The monoisotopic (exact) mass is 258 g/mol. The second kappa shape index (κ2) is 3.49. The van der Waals surface area contributed by atoms with Crippen LogP contribution in [0.5, 0.6) is 0 Å². The summed E-state index contributed by atoms with van der Waals surface area (Å²) in [6.07, 6.45) is 11.8. The van der Waals surface area contributed by atoms with Crippen LogP contribution in [0.1, 0.15) is 79.1 Å². The Balaban J connectivity index is 1.85. The largest absolute Gasteiger partial charge is 0.0704 e. The van der Waals surface area contributed by atoms with Gasteiger partial charge in [0.15, 0.2) is 0 Å². The molecule has 0 aliphatic heterocycles. The van der Waals surface area contributed by atoms with Gasteiger partial charge in [0, 0.05) is 0 Å². The molecule has 0 heteroatoms. The summed E-state index contributed by atoms with van der Waals surface area (Å²) in [5.41, 5.74) is 5.66. The van der Waals surface area contributed by atoms with Gasteiger partial charge in [-0.2, -0.15) is 0 Å². The molecule has 2 saturated carbocycles. The minimum atomic E-state index is 0.561. The van der Waals surface area contributed by atoms with E-state index in [0.29, 0.717) is 16.2 Å². The van der Waals surface area contributed by atoms with Crippen molar-refractivity contribution in [3.8, 4) is 0 Å². The summed E-state index contributed by atoms with van der Waals surface area (Å²) in [5, 5.41) is 0. The van der Waals surface area contributed by atoms with Crippen LogP contribution >= 0.6 is 0 Å². The van der Waals surface area contributed by atoms with E-state index in [1.807, 2.05) is 11.1 Å². The molecule has 0 aromatic heterocycles. The molecule has 0 amide bonds. The van der Waals surface area contributed by atoms with Gasteiger partial charge in [-0.15, -0.1) is 0 Å². The zero-order valence-corrected chi connectivity index (χ0v) is 13.3. The first-order chi connectivity index (χ1) is 8.94. The normalized spacial score (nSPS) is 41.1. The fourth-order valence-corrected chi connectivity index (χ4v) is 7.25. The van der Waals surface area contributed by atoms with Crippen molar-refractivity contribution in [3.63, 3.8) is 0 Å². The molecule has 4 aliphatic rings. The van der Waals surface area contributed by atoms with Crippen LogP contribution in [0.3, 0.4) is 0 Å². The molecule has 0 heterocycles. The Kier molecular flexibility index (Phi) is 2.29. The zero-order chi connectivity index (χ0) is 13.5. The van der Waals surface area contributed by atoms with Crippen molar-refractivity contribution in [2.75, 3.05) is 0 Å². The lowest BCUT2D eigenvalue weighted by atomic mass is 9.54. The van der Waals surface area contributed by atoms with Crippen LogP contribution in [-0.4, -0.2) is 0 Å². The van der Waals surface area contributed by atoms with E-state index in [2.05, 4.69) is 27.7 Å². The molecule has 2 bridgehead atoms. The van der Waals surface area contributed by atoms with Gasteiger partial charge in [-0.1, -0.05) is 45.3 Å². The fraction of sp³-hybridized carbons (Fsp3) is 0.895. The number of fused-ring (bicyclic) bond motifs is 1. The van der Waals surface area contributed by atoms with Crippen molar-refractivity contribution in [2.45, 2.75) is 79.1 Å². The van der Waals surface area contributed by atoms with Crippen molar-refractivity contribution >= 4 is 0 Å². The van der Waals surface area contributed by atoms with Gasteiger partial charge in [0.1, 0.15) is 0 Å². The number of rotatable bonds is 0. The molecule has 4 rings (SSSR count). The third-order valence-corrected chi connectivity index (χ3v) is 8.35. The molecule has 2 fully saturated rings. The fourth-order valence-electron chi connectivity index (χ4n) is 7.25. The highest BCUT2D eigenvalue weighted by Crippen LogP contribution is 2.88. The molecule has 2 atom stereocenters. The second-order valence-corrected chi connectivity index (χ2v) is 8.84. The summed E-state index contributed by atoms with van der Waals surface area (Å²) in [6.45, 7) is 10.3. The van der Waals surface area contributed by atoms with Crippen LogP contribution < -0.4 is 0 Å². The highest BCUT2D eigenvalue weighted by atomic mass is 14.9. The predicted molar refractivity (Wildman–Crippen MR) is 80.9 cm³/mol. The van der Waals surface area contributed by atoms with Crippen molar-refractivity contribution < 1.29 is 0 Å². The first kappa shape index (κ1) is 12.5. The van der Waals surface area contributed by atoms with Gasteiger partial charge >= 0.3 is 0 Å². The van der Waals surface area contributed by atoms with E-state index >= 15 is 0 Å². The van der Waals surface area contributed by atoms with Crippen LogP contribution in [0.4, 0.5) is 0 Å². The van der Waals surface area contributed by atoms with Crippen molar-refractivity contribution in [1.82, 2.24) is 0 Å². The molecule has 2 unspecified atom stereocenters. The van der Waals surface area contributed by atoms with E-state index in [4.69, 9.17) is 0 Å². The van der Waals surface area contributed by atoms with E-state index in [0.717, 1.165) is 11.8 Å². The van der Waals surface area contributed by atoms with Crippen LogP contribution in [0.25, 0.3) is 0 Å². The molecular weight excluding hydrogens is 228 g/mol. The molecule has 19 heavy (non-hydrogen) atoms. The van der Waals surface area contributed by atoms with Gasteiger partial charge in [-0.05, 0) is 73.0 Å².